The predicted molar refractivity (Wildman–Crippen MR) is 63.7 cm³/mol. The Kier molecular flexibility index (Phi) is 3.84. The van der Waals surface area contributed by atoms with Crippen LogP contribution >= 0.6 is 11.6 Å². The Bertz CT molecular complexity index is 356. The molecule has 14 heavy (non-hydrogen) atoms. The van der Waals surface area contributed by atoms with Crippen molar-refractivity contribution < 1.29 is 0 Å². The van der Waals surface area contributed by atoms with E-state index in [4.69, 9.17) is 11.6 Å². The van der Waals surface area contributed by atoms with Crippen molar-refractivity contribution in [3.63, 3.8) is 0 Å². The van der Waals surface area contributed by atoms with Crippen LogP contribution in [0.15, 0.2) is 28.2 Å². The van der Waals surface area contributed by atoms with E-state index in [-0.39, 0.29) is 5.38 Å². The molecule has 2 nitrogen and oxygen atoms in total. The number of alkyl halides is 1. The van der Waals surface area contributed by atoms with Crippen molar-refractivity contribution in [3.8, 4) is 0 Å². The molecule has 0 aliphatic rings. The number of rotatable bonds is 3. The van der Waals surface area contributed by atoms with Crippen molar-refractivity contribution in [1.29, 1.82) is 0 Å². The van der Waals surface area contributed by atoms with Gasteiger partial charge in [-0.3, -0.25) is 9.98 Å². The minimum Gasteiger partial charge on any atom is -0.262 e. The van der Waals surface area contributed by atoms with Gasteiger partial charge in [-0.15, -0.1) is 11.6 Å². The van der Waals surface area contributed by atoms with E-state index in [0.29, 0.717) is 0 Å². The minimum absolute atomic E-state index is 0.0142. The van der Waals surface area contributed by atoms with Crippen molar-refractivity contribution in [2.75, 3.05) is 0 Å². The van der Waals surface area contributed by atoms with E-state index in [1.165, 1.54) is 0 Å². The van der Waals surface area contributed by atoms with E-state index < -0.39 is 0 Å². The summed E-state index contributed by atoms with van der Waals surface area (Å²) >= 11 is 5.97. The molecule has 0 heterocycles. The first-order chi connectivity index (χ1) is 6.69. The molecule has 0 aliphatic carbocycles. The van der Waals surface area contributed by atoms with E-state index >= 15 is 0 Å². The van der Waals surface area contributed by atoms with Gasteiger partial charge >= 0.3 is 0 Å². The SMILES string of the molecule is C=Nc1ccc(C(C)Cl)cc1N=CC. The van der Waals surface area contributed by atoms with Gasteiger partial charge in [0.25, 0.3) is 0 Å². The zero-order valence-corrected chi connectivity index (χ0v) is 9.12. The monoisotopic (exact) mass is 208 g/mol. The Hall–Kier alpha value is -1.15. The van der Waals surface area contributed by atoms with Crippen LogP contribution in [0.3, 0.4) is 0 Å². The lowest BCUT2D eigenvalue weighted by Crippen LogP contribution is -1.83. The first kappa shape index (κ1) is 10.9. The lowest BCUT2D eigenvalue weighted by molar-refractivity contribution is 1.08. The summed E-state index contributed by atoms with van der Waals surface area (Å²) in [5.74, 6) is 0. The summed E-state index contributed by atoms with van der Waals surface area (Å²) in [7, 11) is 0. The first-order valence-corrected chi connectivity index (χ1v) is 4.86. The maximum Gasteiger partial charge on any atom is 0.0885 e. The summed E-state index contributed by atoms with van der Waals surface area (Å²) in [4.78, 5) is 8.09. The van der Waals surface area contributed by atoms with Crippen LogP contribution in [0, 0.1) is 0 Å². The van der Waals surface area contributed by atoms with Crippen molar-refractivity contribution in [2.24, 2.45) is 9.98 Å². The third-order valence-corrected chi connectivity index (χ3v) is 2.15. The molecule has 0 aromatic heterocycles. The summed E-state index contributed by atoms with van der Waals surface area (Å²) in [5, 5.41) is -0.0142. The van der Waals surface area contributed by atoms with Gasteiger partial charge in [-0.2, -0.15) is 0 Å². The molecule has 1 unspecified atom stereocenters. The largest absolute Gasteiger partial charge is 0.262 e. The molecule has 1 aromatic carbocycles. The van der Waals surface area contributed by atoms with Crippen LogP contribution in [0.4, 0.5) is 11.4 Å². The van der Waals surface area contributed by atoms with Gasteiger partial charge in [-0.05, 0) is 38.3 Å². The number of halogens is 1. The van der Waals surface area contributed by atoms with E-state index in [9.17, 15) is 0 Å². The molecule has 1 aromatic rings. The smallest absolute Gasteiger partial charge is 0.0885 e. The van der Waals surface area contributed by atoms with Gasteiger partial charge in [-0.1, -0.05) is 6.07 Å². The number of benzene rings is 1. The van der Waals surface area contributed by atoms with Gasteiger partial charge < -0.3 is 0 Å². The van der Waals surface area contributed by atoms with Gasteiger partial charge in [0.15, 0.2) is 0 Å². The van der Waals surface area contributed by atoms with Gasteiger partial charge in [0, 0.05) is 6.21 Å². The molecule has 1 rings (SSSR count). The predicted octanol–water partition coefficient (Wildman–Crippen LogP) is 4.04. The Morgan fingerprint density at radius 3 is 2.64 bits per heavy atom. The average molecular weight is 209 g/mol. The van der Waals surface area contributed by atoms with Crippen LogP contribution in [0.5, 0.6) is 0 Å². The zero-order chi connectivity index (χ0) is 10.6. The number of hydrogen-bond acceptors (Lipinski definition) is 2. The fourth-order valence-electron chi connectivity index (χ4n) is 1.16. The Morgan fingerprint density at radius 1 is 1.43 bits per heavy atom. The summed E-state index contributed by atoms with van der Waals surface area (Å²) in [6, 6.07) is 5.75. The van der Waals surface area contributed by atoms with Crippen LogP contribution < -0.4 is 0 Å². The van der Waals surface area contributed by atoms with Crippen molar-refractivity contribution in [2.45, 2.75) is 19.2 Å². The summed E-state index contributed by atoms with van der Waals surface area (Å²) in [6.45, 7) is 7.28. The molecule has 0 N–H and O–H groups in total. The third-order valence-electron chi connectivity index (χ3n) is 1.90. The molecule has 0 fully saturated rings. The molecule has 0 saturated carbocycles. The van der Waals surface area contributed by atoms with Gasteiger partial charge in [0.2, 0.25) is 0 Å². The topological polar surface area (TPSA) is 24.7 Å². The fourth-order valence-corrected chi connectivity index (χ4v) is 1.30. The summed E-state index contributed by atoms with van der Waals surface area (Å²) < 4.78 is 0. The quantitative estimate of drug-likeness (QED) is 0.529. The van der Waals surface area contributed by atoms with Crippen LogP contribution in [-0.4, -0.2) is 12.9 Å². The zero-order valence-electron chi connectivity index (χ0n) is 8.37. The average Bonchev–Trinajstić information content (AvgIpc) is 2.18. The van der Waals surface area contributed by atoms with E-state index in [0.717, 1.165) is 16.9 Å². The summed E-state index contributed by atoms with van der Waals surface area (Å²) in [5.41, 5.74) is 2.64. The molecule has 1 atom stereocenters. The van der Waals surface area contributed by atoms with Crippen molar-refractivity contribution in [3.05, 3.63) is 23.8 Å². The second kappa shape index (κ2) is 4.91. The van der Waals surface area contributed by atoms with Crippen molar-refractivity contribution >= 4 is 35.9 Å². The highest BCUT2D eigenvalue weighted by molar-refractivity contribution is 6.20. The summed E-state index contributed by atoms with van der Waals surface area (Å²) in [6.07, 6.45) is 1.73. The molecule has 74 valence electrons. The Labute approximate surface area is 89.4 Å². The maximum atomic E-state index is 5.97. The van der Waals surface area contributed by atoms with Crippen molar-refractivity contribution in [1.82, 2.24) is 0 Å². The Balaban J connectivity index is 3.20. The van der Waals surface area contributed by atoms with E-state index in [1.807, 2.05) is 32.0 Å². The molecule has 0 saturated heterocycles. The Morgan fingerprint density at radius 2 is 2.14 bits per heavy atom. The second-order valence-corrected chi connectivity index (χ2v) is 3.56. The highest BCUT2D eigenvalue weighted by Crippen LogP contribution is 2.32. The molecular weight excluding hydrogens is 196 g/mol. The van der Waals surface area contributed by atoms with Crippen LogP contribution in [-0.2, 0) is 0 Å². The first-order valence-electron chi connectivity index (χ1n) is 4.42. The lowest BCUT2D eigenvalue weighted by Gasteiger charge is -2.06. The molecule has 0 amide bonds. The fraction of sp³-hybridized carbons (Fsp3) is 0.273. The van der Waals surface area contributed by atoms with Crippen LogP contribution in [0.2, 0.25) is 0 Å². The van der Waals surface area contributed by atoms with Gasteiger partial charge in [0.05, 0.1) is 16.8 Å². The molecule has 0 aliphatic heterocycles. The molecular formula is C11H13ClN2. The van der Waals surface area contributed by atoms with Gasteiger partial charge in [-0.25, -0.2) is 0 Å². The number of hydrogen-bond donors (Lipinski definition) is 0. The van der Waals surface area contributed by atoms with E-state index in [2.05, 4.69) is 16.7 Å². The van der Waals surface area contributed by atoms with E-state index in [1.54, 1.807) is 6.21 Å². The van der Waals surface area contributed by atoms with Gasteiger partial charge in [0.1, 0.15) is 0 Å². The molecule has 0 bridgehead atoms. The third kappa shape index (κ3) is 2.42. The molecule has 0 radical (unpaired) electrons. The normalized spacial score (nSPS) is 13.1. The standard InChI is InChI=1S/C11H13ClN2/c1-4-14-11-7-9(8(2)12)5-6-10(11)13-3/h4-8H,3H2,1-2H3. The number of nitrogens with zero attached hydrogens (tertiary/aromatic N) is 2. The highest BCUT2D eigenvalue weighted by atomic mass is 35.5. The molecule has 3 heteroatoms. The lowest BCUT2D eigenvalue weighted by atomic mass is 10.1. The molecule has 0 spiro atoms. The number of aliphatic imine (C=N–C) groups is 2. The highest BCUT2D eigenvalue weighted by Gasteiger charge is 2.04. The van der Waals surface area contributed by atoms with Crippen LogP contribution in [0.25, 0.3) is 0 Å². The maximum absolute atomic E-state index is 5.97. The van der Waals surface area contributed by atoms with Crippen LogP contribution in [0.1, 0.15) is 24.8 Å². The minimum atomic E-state index is -0.0142. The second-order valence-electron chi connectivity index (χ2n) is 2.91.